The summed E-state index contributed by atoms with van der Waals surface area (Å²) in [4.78, 5) is 5.15. The van der Waals surface area contributed by atoms with Crippen molar-refractivity contribution in [3.63, 3.8) is 0 Å². The first-order valence-electron chi connectivity index (χ1n) is 5.15. The Hall–Kier alpha value is -0.280. The molecule has 0 bridgehead atoms. The van der Waals surface area contributed by atoms with Crippen molar-refractivity contribution in [3.8, 4) is 0 Å². The van der Waals surface area contributed by atoms with E-state index in [1.54, 1.807) is 0 Å². The fourth-order valence-electron chi connectivity index (χ4n) is 1.54. The van der Waals surface area contributed by atoms with Crippen LogP contribution < -0.4 is 5.32 Å². The van der Waals surface area contributed by atoms with Gasteiger partial charge in [0, 0.05) is 6.04 Å². The summed E-state index contributed by atoms with van der Waals surface area (Å²) in [5.41, 5.74) is 0.983. The average Bonchev–Trinajstić information content (AvgIpc) is 2.14. The van der Waals surface area contributed by atoms with Crippen LogP contribution in [0.1, 0.15) is 39.5 Å². The third-order valence-corrected chi connectivity index (χ3v) is 2.22. The molecule has 0 aromatic heterocycles. The second kappa shape index (κ2) is 8.06. The van der Waals surface area contributed by atoms with Gasteiger partial charge < -0.3 is 10.2 Å². The quantitative estimate of drug-likeness (QED) is 0.448. The molecule has 1 aliphatic heterocycles. The van der Waals surface area contributed by atoms with Crippen LogP contribution >= 0.6 is 12.4 Å². The van der Waals surface area contributed by atoms with Crippen molar-refractivity contribution in [3.05, 3.63) is 0 Å². The second-order valence-corrected chi connectivity index (χ2v) is 3.81. The van der Waals surface area contributed by atoms with E-state index in [1.807, 2.05) is 13.8 Å². The van der Waals surface area contributed by atoms with Gasteiger partial charge in [0.15, 0.2) is 0 Å². The average molecular weight is 221 g/mol. The summed E-state index contributed by atoms with van der Waals surface area (Å²) in [5, 5.41) is 7.38. The predicted octanol–water partition coefficient (Wildman–Crippen LogP) is 2.35. The summed E-state index contributed by atoms with van der Waals surface area (Å²) in [5.74, 6) is 0. The van der Waals surface area contributed by atoms with Crippen molar-refractivity contribution in [1.82, 2.24) is 5.32 Å². The van der Waals surface area contributed by atoms with Crippen molar-refractivity contribution in [2.24, 2.45) is 5.16 Å². The monoisotopic (exact) mass is 220 g/mol. The summed E-state index contributed by atoms with van der Waals surface area (Å²) in [6.07, 6.45) is 5.05. The van der Waals surface area contributed by atoms with Crippen LogP contribution in [0.25, 0.3) is 0 Å². The maximum Gasteiger partial charge on any atom is 0.118 e. The predicted molar refractivity (Wildman–Crippen MR) is 62.2 cm³/mol. The molecule has 0 aliphatic carbocycles. The van der Waals surface area contributed by atoms with Crippen LogP contribution in [0.15, 0.2) is 5.16 Å². The van der Waals surface area contributed by atoms with E-state index >= 15 is 0 Å². The molecule has 0 aromatic carbocycles. The summed E-state index contributed by atoms with van der Waals surface area (Å²) >= 11 is 0. The van der Waals surface area contributed by atoms with E-state index in [-0.39, 0.29) is 12.4 Å². The standard InChI is InChI=1S/C10H20N2O.ClH/c1-9(2)12-13-8-6-10-5-3-4-7-11-10;/h10-11H,3-8H2,1-2H3;1H. The molecule has 1 heterocycles. The lowest BCUT2D eigenvalue weighted by atomic mass is 10.0. The molecule has 0 spiro atoms. The van der Waals surface area contributed by atoms with Crippen LogP contribution in [0.2, 0.25) is 0 Å². The Balaban J connectivity index is 0.00000169. The van der Waals surface area contributed by atoms with Gasteiger partial charge in [-0.2, -0.15) is 0 Å². The number of rotatable bonds is 4. The van der Waals surface area contributed by atoms with E-state index in [1.165, 1.54) is 25.8 Å². The largest absolute Gasteiger partial charge is 0.396 e. The molecule has 1 aliphatic rings. The Bertz CT molecular complexity index is 164. The number of hydrogen-bond acceptors (Lipinski definition) is 3. The van der Waals surface area contributed by atoms with Crippen molar-refractivity contribution in [2.75, 3.05) is 13.2 Å². The van der Waals surface area contributed by atoms with Crippen molar-refractivity contribution >= 4 is 18.1 Å². The van der Waals surface area contributed by atoms with E-state index in [0.717, 1.165) is 18.7 Å². The van der Waals surface area contributed by atoms with Crippen molar-refractivity contribution in [1.29, 1.82) is 0 Å². The van der Waals surface area contributed by atoms with Gasteiger partial charge in [0.2, 0.25) is 0 Å². The summed E-state index contributed by atoms with van der Waals surface area (Å²) in [6.45, 7) is 5.79. The maximum atomic E-state index is 5.15. The number of nitrogens with zero attached hydrogens (tertiary/aromatic N) is 1. The van der Waals surface area contributed by atoms with Crippen LogP contribution in [0, 0.1) is 0 Å². The zero-order valence-electron chi connectivity index (χ0n) is 9.08. The van der Waals surface area contributed by atoms with E-state index in [0.29, 0.717) is 6.04 Å². The van der Waals surface area contributed by atoms with Gasteiger partial charge in [0.05, 0.1) is 5.71 Å². The third-order valence-electron chi connectivity index (χ3n) is 2.22. The molecule has 3 nitrogen and oxygen atoms in total. The Morgan fingerprint density at radius 3 is 2.79 bits per heavy atom. The van der Waals surface area contributed by atoms with Gasteiger partial charge in [0.25, 0.3) is 0 Å². The van der Waals surface area contributed by atoms with Gasteiger partial charge in [-0.05, 0) is 39.7 Å². The van der Waals surface area contributed by atoms with E-state index < -0.39 is 0 Å². The van der Waals surface area contributed by atoms with E-state index in [4.69, 9.17) is 4.84 Å². The van der Waals surface area contributed by atoms with Crippen LogP contribution in [-0.2, 0) is 4.84 Å². The minimum absolute atomic E-state index is 0. The van der Waals surface area contributed by atoms with Crippen molar-refractivity contribution < 1.29 is 4.84 Å². The number of piperidine rings is 1. The lowest BCUT2D eigenvalue weighted by Crippen LogP contribution is -2.34. The molecule has 0 aromatic rings. The van der Waals surface area contributed by atoms with Crippen LogP contribution in [-0.4, -0.2) is 24.9 Å². The van der Waals surface area contributed by atoms with Gasteiger partial charge in [-0.3, -0.25) is 0 Å². The molecule has 1 atom stereocenters. The van der Waals surface area contributed by atoms with Gasteiger partial charge in [0.1, 0.15) is 6.61 Å². The molecule has 4 heteroatoms. The van der Waals surface area contributed by atoms with Gasteiger partial charge in [-0.1, -0.05) is 11.6 Å². The summed E-state index contributed by atoms with van der Waals surface area (Å²) in [7, 11) is 0. The van der Waals surface area contributed by atoms with Gasteiger partial charge in [-0.25, -0.2) is 0 Å². The molecule has 14 heavy (non-hydrogen) atoms. The van der Waals surface area contributed by atoms with E-state index in [2.05, 4.69) is 10.5 Å². The highest BCUT2D eigenvalue weighted by molar-refractivity contribution is 5.85. The minimum Gasteiger partial charge on any atom is -0.396 e. The molecule has 0 radical (unpaired) electrons. The molecule has 1 rings (SSSR count). The molecular weight excluding hydrogens is 200 g/mol. The highest BCUT2D eigenvalue weighted by atomic mass is 35.5. The smallest absolute Gasteiger partial charge is 0.118 e. The van der Waals surface area contributed by atoms with Gasteiger partial charge >= 0.3 is 0 Å². The SMILES string of the molecule is CC(C)=NOCCC1CCCCN1.Cl. The molecule has 1 fully saturated rings. The Morgan fingerprint density at radius 2 is 2.21 bits per heavy atom. The molecule has 1 unspecified atom stereocenters. The molecule has 1 saturated heterocycles. The number of hydrogen-bond donors (Lipinski definition) is 1. The second-order valence-electron chi connectivity index (χ2n) is 3.81. The fourth-order valence-corrected chi connectivity index (χ4v) is 1.54. The van der Waals surface area contributed by atoms with Crippen molar-refractivity contribution in [2.45, 2.75) is 45.6 Å². The van der Waals surface area contributed by atoms with Crippen LogP contribution in [0.5, 0.6) is 0 Å². The molecular formula is C10H21ClN2O. The zero-order chi connectivity index (χ0) is 9.52. The first-order valence-corrected chi connectivity index (χ1v) is 5.15. The molecule has 1 N–H and O–H groups in total. The minimum atomic E-state index is 0. The zero-order valence-corrected chi connectivity index (χ0v) is 9.90. The lowest BCUT2D eigenvalue weighted by Gasteiger charge is -2.22. The maximum absolute atomic E-state index is 5.15. The highest BCUT2D eigenvalue weighted by Gasteiger charge is 2.11. The first-order chi connectivity index (χ1) is 6.29. The van der Waals surface area contributed by atoms with E-state index in [9.17, 15) is 0 Å². The Kier molecular flexibility index (Phi) is 7.90. The van der Waals surface area contributed by atoms with Crippen LogP contribution in [0.4, 0.5) is 0 Å². The van der Waals surface area contributed by atoms with Crippen LogP contribution in [0.3, 0.4) is 0 Å². The molecule has 0 amide bonds. The lowest BCUT2D eigenvalue weighted by molar-refractivity contribution is 0.129. The highest BCUT2D eigenvalue weighted by Crippen LogP contribution is 2.09. The fraction of sp³-hybridized carbons (Fsp3) is 0.900. The summed E-state index contributed by atoms with van der Waals surface area (Å²) in [6, 6.07) is 0.654. The number of halogens is 1. The number of nitrogens with one attached hydrogen (secondary N) is 1. The summed E-state index contributed by atoms with van der Waals surface area (Å²) < 4.78 is 0. The molecule has 0 saturated carbocycles. The molecule has 84 valence electrons. The first kappa shape index (κ1) is 13.7. The van der Waals surface area contributed by atoms with Gasteiger partial charge in [-0.15, -0.1) is 12.4 Å². The Morgan fingerprint density at radius 1 is 1.43 bits per heavy atom. The topological polar surface area (TPSA) is 33.6 Å². The Labute approximate surface area is 92.7 Å². The third kappa shape index (κ3) is 6.22. The number of oxime groups is 1. The normalized spacial score (nSPS) is 20.9.